The first-order chi connectivity index (χ1) is 6.92. The number of rotatable bonds is 3. The molecule has 0 radical (unpaired) electrons. The van der Waals surface area contributed by atoms with Crippen molar-refractivity contribution < 1.29 is 18.4 Å². The van der Waals surface area contributed by atoms with Crippen LogP contribution in [-0.2, 0) is 10.0 Å². The molecule has 0 fully saturated rings. The monoisotopic (exact) mass is 251 g/mol. The number of halogens is 1. The van der Waals surface area contributed by atoms with Crippen molar-refractivity contribution in [2.45, 2.75) is 11.8 Å². The molecule has 5 nitrogen and oxygen atoms in total. The molecule has 0 aliphatic rings. The van der Waals surface area contributed by atoms with Gasteiger partial charge in [0.05, 0.1) is 7.11 Å². The third-order valence-corrected chi connectivity index (χ3v) is 3.40. The van der Waals surface area contributed by atoms with Crippen molar-refractivity contribution in [2.24, 2.45) is 0 Å². The quantitative estimate of drug-likeness (QED) is 0.795. The smallest absolute Gasteiger partial charge is 0.265 e. The van der Waals surface area contributed by atoms with Crippen LogP contribution in [0.15, 0.2) is 17.0 Å². The van der Waals surface area contributed by atoms with Crippen LogP contribution >= 0.6 is 11.6 Å². The van der Waals surface area contributed by atoms with Gasteiger partial charge < -0.3 is 9.94 Å². The molecule has 0 saturated heterocycles. The van der Waals surface area contributed by atoms with Gasteiger partial charge >= 0.3 is 0 Å². The zero-order valence-electron chi connectivity index (χ0n) is 8.11. The Labute approximate surface area is 92.6 Å². The molecule has 0 heterocycles. The van der Waals surface area contributed by atoms with Crippen molar-refractivity contribution in [1.29, 1.82) is 0 Å². The maximum atomic E-state index is 11.3. The standard InChI is InChI=1S/C8H10ClNO4S/c1-5-3-7(14-2)8(4-6(5)9)15(12,13)10-11/h3-4,10-11H,1-2H3. The average molecular weight is 252 g/mol. The Balaban J connectivity index is 3.48. The summed E-state index contributed by atoms with van der Waals surface area (Å²) in [5.41, 5.74) is 0.686. The van der Waals surface area contributed by atoms with Crippen LogP contribution in [0.4, 0.5) is 0 Å². The minimum absolute atomic E-state index is 0.124. The van der Waals surface area contributed by atoms with Gasteiger partial charge in [0.15, 0.2) is 0 Å². The number of nitrogens with one attached hydrogen (secondary N) is 1. The highest BCUT2D eigenvalue weighted by Gasteiger charge is 2.20. The SMILES string of the molecule is COc1cc(C)c(Cl)cc1S(=O)(=O)NO. The van der Waals surface area contributed by atoms with Gasteiger partial charge in [-0.15, -0.1) is 0 Å². The molecular weight excluding hydrogens is 242 g/mol. The fourth-order valence-electron chi connectivity index (χ4n) is 1.06. The van der Waals surface area contributed by atoms with Gasteiger partial charge in [0.25, 0.3) is 10.0 Å². The number of hydrogen-bond acceptors (Lipinski definition) is 4. The zero-order chi connectivity index (χ0) is 11.6. The van der Waals surface area contributed by atoms with Gasteiger partial charge in [0, 0.05) is 5.02 Å². The summed E-state index contributed by atoms with van der Waals surface area (Å²) in [5.74, 6) is 0.124. The molecule has 0 amide bonds. The van der Waals surface area contributed by atoms with Crippen molar-refractivity contribution in [3.05, 3.63) is 22.7 Å². The third-order valence-electron chi connectivity index (χ3n) is 1.85. The van der Waals surface area contributed by atoms with Gasteiger partial charge in [0.2, 0.25) is 0 Å². The number of sulfonamides is 1. The van der Waals surface area contributed by atoms with Crippen molar-refractivity contribution in [1.82, 2.24) is 4.89 Å². The van der Waals surface area contributed by atoms with E-state index in [0.717, 1.165) is 0 Å². The highest BCUT2D eigenvalue weighted by Crippen LogP contribution is 2.29. The fraction of sp³-hybridized carbons (Fsp3) is 0.250. The number of ether oxygens (including phenoxy) is 1. The van der Waals surface area contributed by atoms with Crippen molar-refractivity contribution in [3.63, 3.8) is 0 Å². The van der Waals surface area contributed by atoms with Gasteiger partial charge in [-0.3, -0.25) is 0 Å². The van der Waals surface area contributed by atoms with Gasteiger partial charge in [-0.2, -0.15) is 0 Å². The Morgan fingerprint density at radius 1 is 1.47 bits per heavy atom. The molecule has 0 atom stereocenters. The van der Waals surface area contributed by atoms with E-state index in [1.54, 1.807) is 6.92 Å². The molecule has 1 rings (SSSR count). The van der Waals surface area contributed by atoms with Crippen LogP contribution in [0.2, 0.25) is 5.02 Å². The Kier molecular flexibility index (Phi) is 3.56. The maximum Gasteiger partial charge on any atom is 0.265 e. The molecule has 0 aliphatic heterocycles. The first-order valence-corrected chi connectivity index (χ1v) is 5.78. The van der Waals surface area contributed by atoms with E-state index in [-0.39, 0.29) is 15.7 Å². The van der Waals surface area contributed by atoms with Gasteiger partial charge in [-0.1, -0.05) is 16.5 Å². The Morgan fingerprint density at radius 2 is 2.07 bits per heavy atom. The molecular formula is C8H10ClNO4S. The van der Waals surface area contributed by atoms with E-state index >= 15 is 0 Å². The molecule has 0 saturated carbocycles. The van der Waals surface area contributed by atoms with Crippen molar-refractivity contribution >= 4 is 21.6 Å². The van der Waals surface area contributed by atoms with E-state index in [1.807, 2.05) is 0 Å². The third kappa shape index (κ3) is 2.40. The fourth-order valence-corrected chi connectivity index (χ4v) is 2.06. The van der Waals surface area contributed by atoms with Crippen molar-refractivity contribution in [3.8, 4) is 5.75 Å². The lowest BCUT2D eigenvalue weighted by Crippen LogP contribution is -2.20. The summed E-state index contributed by atoms with van der Waals surface area (Å²) in [7, 11) is -2.65. The number of hydrogen-bond donors (Lipinski definition) is 2. The van der Waals surface area contributed by atoms with Crippen molar-refractivity contribution in [2.75, 3.05) is 7.11 Å². The van der Waals surface area contributed by atoms with E-state index < -0.39 is 10.0 Å². The predicted octanol–water partition coefficient (Wildman–Crippen LogP) is 1.32. The van der Waals surface area contributed by atoms with Crippen LogP contribution in [0.25, 0.3) is 0 Å². The molecule has 0 aliphatic carbocycles. The summed E-state index contributed by atoms with van der Waals surface area (Å²) in [6, 6.07) is 2.70. The molecule has 7 heteroatoms. The molecule has 2 N–H and O–H groups in total. The Hall–Kier alpha value is -0.820. The molecule has 0 spiro atoms. The predicted molar refractivity (Wildman–Crippen MR) is 54.8 cm³/mol. The molecule has 1 aromatic carbocycles. The van der Waals surface area contributed by atoms with Gasteiger partial charge in [-0.25, -0.2) is 8.42 Å². The molecule has 0 bridgehead atoms. The average Bonchev–Trinajstić information content (AvgIpc) is 2.21. The van der Waals surface area contributed by atoms with E-state index in [0.29, 0.717) is 5.56 Å². The summed E-state index contributed by atoms with van der Waals surface area (Å²) in [6.07, 6.45) is 0. The summed E-state index contributed by atoms with van der Waals surface area (Å²) < 4.78 is 27.6. The van der Waals surface area contributed by atoms with E-state index in [4.69, 9.17) is 21.5 Å². The lowest BCUT2D eigenvalue weighted by atomic mass is 10.2. The molecule has 84 valence electrons. The normalized spacial score (nSPS) is 11.5. The Morgan fingerprint density at radius 3 is 2.53 bits per heavy atom. The zero-order valence-corrected chi connectivity index (χ0v) is 9.69. The summed E-state index contributed by atoms with van der Waals surface area (Å²) in [5, 5.41) is 8.77. The Bertz CT molecular complexity index is 472. The highest BCUT2D eigenvalue weighted by atomic mass is 35.5. The summed E-state index contributed by atoms with van der Waals surface area (Å²) in [6.45, 7) is 1.72. The van der Waals surface area contributed by atoms with Crippen LogP contribution in [0.3, 0.4) is 0 Å². The summed E-state index contributed by atoms with van der Waals surface area (Å²) >= 11 is 5.78. The van der Waals surface area contributed by atoms with E-state index in [9.17, 15) is 8.42 Å². The lowest BCUT2D eigenvalue weighted by Gasteiger charge is -2.09. The highest BCUT2D eigenvalue weighted by molar-refractivity contribution is 7.89. The van der Waals surface area contributed by atoms with Crippen LogP contribution in [0, 0.1) is 6.92 Å². The van der Waals surface area contributed by atoms with Gasteiger partial charge in [-0.05, 0) is 24.6 Å². The first-order valence-electron chi connectivity index (χ1n) is 3.92. The second kappa shape index (κ2) is 4.36. The second-order valence-corrected chi connectivity index (χ2v) is 4.88. The van der Waals surface area contributed by atoms with E-state index in [1.165, 1.54) is 24.1 Å². The molecule has 0 unspecified atom stereocenters. The number of aryl methyl sites for hydroxylation is 1. The van der Waals surface area contributed by atoms with Crippen LogP contribution < -0.4 is 9.62 Å². The number of methoxy groups -OCH3 is 1. The minimum atomic E-state index is -3.98. The summed E-state index contributed by atoms with van der Waals surface area (Å²) in [4.78, 5) is 1.01. The maximum absolute atomic E-state index is 11.3. The van der Waals surface area contributed by atoms with Crippen LogP contribution in [0.1, 0.15) is 5.56 Å². The molecule has 1 aromatic rings. The minimum Gasteiger partial charge on any atom is -0.495 e. The van der Waals surface area contributed by atoms with Gasteiger partial charge in [0.1, 0.15) is 10.6 Å². The van der Waals surface area contributed by atoms with Crippen LogP contribution in [-0.4, -0.2) is 20.7 Å². The second-order valence-electron chi connectivity index (χ2n) is 2.85. The lowest BCUT2D eigenvalue weighted by molar-refractivity contribution is 0.242. The number of benzene rings is 1. The topological polar surface area (TPSA) is 75.6 Å². The first kappa shape index (κ1) is 12.3. The molecule has 15 heavy (non-hydrogen) atoms. The van der Waals surface area contributed by atoms with E-state index in [2.05, 4.69) is 0 Å². The largest absolute Gasteiger partial charge is 0.495 e. The van der Waals surface area contributed by atoms with Crippen LogP contribution in [0.5, 0.6) is 5.75 Å². The molecule has 0 aromatic heterocycles.